The number of benzene rings is 2. The van der Waals surface area contributed by atoms with Crippen LogP contribution in [0.2, 0.25) is 5.02 Å². The van der Waals surface area contributed by atoms with Gasteiger partial charge in [0.1, 0.15) is 18.6 Å². The maximum absolute atomic E-state index is 12.3. The summed E-state index contributed by atoms with van der Waals surface area (Å²) in [5.41, 5.74) is 3.47. The van der Waals surface area contributed by atoms with Gasteiger partial charge in [0.2, 0.25) is 11.2 Å². The smallest absolute Gasteiger partial charge is 0.227 e. The summed E-state index contributed by atoms with van der Waals surface area (Å²) in [6.07, 6.45) is 2.42. The molecule has 2 aromatic carbocycles. The van der Waals surface area contributed by atoms with E-state index in [4.69, 9.17) is 20.8 Å². The van der Waals surface area contributed by atoms with E-state index in [0.29, 0.717) is 17.3 Å². The highest BCUT2D eigenvalue weighted by molar-refractivity contribution is 6.30. The lowest BCUT2D eigenvalue weighted by Crippen LogP contribution is -2.30. The molecule has 0 aliphatic carbocycles. The zero-order valence-corrected chi connectivity index (χ0v) is 15.6. The van der Waals surface area contributed by atoms with E-state index in [1.165, 1.54) is 23.5 Å². The van der Waals surface area contributed by atoms with Gasteiger partial charge in [-0.25, -0.2) is 0 Å². The van der Waals surface area contributed by atoms with Crippen LogP contribution < -0.4 is 10.2 Å². The summed E-state index contributed by atoms with van der Waals surface area (Å²) < 4.78 is 11.2. The number of ether oxygens (including phenoxy) is 1. The molecule has 138 valence electrons. The van der Waals surface area contributed by atoms with Crippen LogP contribution in [0, 0.1) is 0 Å². The average Bonchev–Trinajstić information content (AvgIpc) is 2.67. The monoisotopic (exact) mass is 381 g/mol. The molecule has 0 radical (unpaired) electrons. The molecule has 1 aliphatic rings. The molecule has 0 atom stereocenters. The number of fused-ring (bicyclic) bond motifs is 1. The molecule has 0 amide bonds. The van der Waals surface area contributed by atoms with Gasteiger partial charge < -0.3 is 9.15 Å². The predicted molar refractivity (Wildman–Crippen MR) is 105 cm³/mol. The first kappa shape index (κ1) is 17.8. The first-order valence-corrected chi connectivity index (χ1v) is 9.33. The molecule has 0 unspecified atom stereocenters. The average molecular weight is 382 g/mol. The number of hydrogen-bond acceptors (Lipinski definition) is 4. The topological polar surface area (TPSA) is 42.7 Å². The zero-order valence-electron chi connectivity index (χ0n) is 14.9. The van der Waals surface area contributed by atoms with Gasteiger partial charge in [0.15, 0.2) is 0 Å². The van der Waals surface area contributed by atoms with E-state index in [1.54, 1.807) is 6.07 Å². The van der Waals surface area contributed by atoms with E-state index >= 15 is 0 Å². The third-order valence-electron chi connectivity index (χ3n) is 4.72. The van der Waals surface area contributed by atoms with Gasteiger partial charge in [0.25, 0.3) is 0 Å². The molecule has 1 aromatic heterocycles. The molecule has 27 heavy (non-hydrogen) atoms. The van der Waals surface area contributed by atoms with Crippen LogP contribution in [0.5, 0.6) is 5.75 Å². The summed E-state index contributed by atoms with van der Waals surface area (Å²) in [7, 11) is 0. The standard InChI is InChI=1S/C22H20ClNO3/c23-19-7-3-4-16(10-19)14-27-22-15-26-20(11-21(22)25)13-24-9-8-17-5-1-2-6-18(17)12-24/h1-7,10-11,15H,8-9,12-14H2. The normalized spacial score (nSPS) is 14.0. The minimum Gasteiger partial charge on any atom is -0.482 e. The van der Waals surface area contributed by atoms with Crippen molar-refractivity contribution in [2.24, 2.45) is 0 Å². The molecule has 0 saturated carbocycles. The van der Waals surface area contributed by atoms with Crippen LogP contribution in [-0.2, 0) is 26.1 Å². The molecule has 5 heteroatoms. The highest BCUT2D eigenvalue weighted by Gasteiger charge is 2.17. The van der Waals surface area contributed by atoms with Gasteiger partial charge in [-0.15, -0.1) is 0 Å². The van der Waals surface area contributed by atoms with Crippen LogP contribution in [-0.4, -0.2) is 11.4 Å². The summed E-state index contributed by atoms with van der Waals surface area (Å²) in [6, 6.07) is 17.4. The Morgan fingerprint density at radius 2 is 1.93 bits per heavy atom. The number of nitrogens with zero attached hydrogens (tertiary/aromatic N) is 1. The summed E-state index contributed by atoms with van der Waals surface area (Å²) in [5.74, 6) is 0.859. The van der Waals surface area contributed by atoms with Crippen molar-refractivity contribution in [3.8, 4) is 5.75 Å². The van der Waals surface area contributed by atoms with E-state index in [0.717, 1.165) is 25.1 Å². The van der Waals surface area contributed by atoms with Crippen LogP contribution in [0.25, 0.3) is 0 Å². The predicted octanol–water partition coefficient (Wildman–Crippen LogP) is 4.43. The quantitative estimate of drug-likeness (QED) is 0.655. The summed E-state index contributed by atoms with van der Waals surface area (Å²) >= 11 is 5.96. The van der Waals surface area contributed by atoms with Crippen LogP contribution in [0.3, 0.4) is 0 Å². The van der Waals surface area contributed by atoms with Crippen molar-refractivity contribution in [3.05, 3.63) is 98.6 Å². The van der Waals surface area contributed by atoms with Gasteiger partial charge in [-0.1, -0.05) is 48.0 Å². The second-order valence-electron chi connectivity index (χ2n) is 6.72. The van der Waals surface area contributed by atoms with Crippen LogP contribution >= 0.6 is 11.6 Å². The first-order valence-electron chi connectivity index (χ1n) is 8.95. The summed E-state index contributed by atoms with van der Waals surface area (Å²) in [5, 5.41) is 0.640. The maximum Gasteiger partial charge on any atom is 0.227 e. The molecule has 0 fully saturated rings. The van der Waals surface area contributed by atoms with E-state index in [1.807, 2.05) is 18.2 Å². The van der Waals surface area contributed by atoms with Gasteiger partial charge in [0, 0.05) is 24.2 Å². The number of rotatable bonds is 5. The van der Waals surface area contributed by atoms with Crippen molar-refractivity contribution in [2.75, 3.05) is 6.54 Å². The van der Waals surface area contributed by atoms with Crippen molar-refractivity contribution >= 4 is 11.6 Å². The van der Waals surface area contributed by atoms with Crippen LogP contribution in [0.1, 0.15) is 22.5 Å². The summed E-state index contributed by atoms with van der Waals surface area (Å²) in [6.45, 7) is 2.70. The number of halogens is 1. The largest absolute Gasteiger partial charge is 0.482 e. The van der Waals surface area contributed by atoms with E-state index < -0.39 is 0 Å². The van der Waals surface area contributed by atoms with E-state index in [2.05, 4.69) is 29.2 Å². The Morgan fingerprint density at radius 1 is 1.07 bits per heavy atom. The van der Waals surface area contributed by atoms with Crippen molar-refractivity contribution < 1.29 is 9.15 Å². The summed E-state index contributed by atoms with van der Waals surface area (Å²) in [4.78, 5) is 14.6. The third-order valence-corrected chi connectivity index (χ3v) is 4.96. The molecule has 4 nitrogen and oxygen atoms in total. The highest BCUT2D eigenvalue weighted by Crippen LogP contribution is 2.20. The van der Waals surface area contributed by atoms with Crippen molar-refractivity contribution in [2.45, 2.75) is 26.1 Å². The first-order chi connectivity index (χ1) is 13.2. The molecular weight excluding hydrogens is 362 g/mol. The Kier molecular flexibility index (Phi) is 5.28. The molecule has 0 saturated heterocycles. The Bertz CT molecular complexity index is 999. The van der Waals surface area contributed by atoms with Crippen molar-refractivity contribution in [1.29, 1.82) is 0 Å². The minimum atomic E-state index is -0.171. The van der Waals surface area contributed by atoms with Gasteiger partial charge in [-0.3, -0.25) is 9.69 Å². The molecule has 2 heterocycles. The fourth-order valence-corrected chi connectivity index (χ4v) is 3.54. The SMILES string of the molecule is O=c1cc(CN2CCc3ccccc3C2)occ1OCc1cccc(Cl)c1. The van der Waals surface area contributed by atoms with Gasteiger partial charge in [0.05, 0.1) is 6.54 Å². The van der Waals surface area contributed by atoms with E-state index in [9.17, 15) is 4.79 Å². The Labute approximate surface area is 163 Å². The third kappa shape index (κ3) is 4.41. The maximum atomic E-state index is 12.3. The molecule has 0 N–H and O–H groups in total. The molecule has 1 aliphatic heterocycles. The van der Waals surface area contributed by atoms with Crippen LogP contribution in [0.4, 0.5) is 0 Å². The molecule has 3 aromatic rings. The van der Waals surface area contributed by atoms with Crippen LogP contribution in [0.15, 0.2) is 70.1 Å². The fraction of sp³-hybridized carbons (Fsp3) is 0.227. The Balaban J connectivity index is 1.39. The molecular formula is C22H20ClNO3. The van der Waals surface area contributed by atoms with Gasteiger partial charge in [-0.05, 0) is 35.2 Å². The minimum absolute atomic E-state index is 0.171. The highest BCUT2D eigenvalue weighted by atomic mass is 35.5. The van der Waals surface area contributed by atoms with Crippen molar-refractivity contribution in [1.82, 2.24) is 4.90 Å². The fourth-order valence-electron chi connectivity index (χ4n) is 3.32. The zero-order chi connectivity index (χ0) is 18.6. The Morgan fingerprint density at radius 3 is 2.74 bits per heavy atom. The Hall–Kier alpha value is -2.56. The van der Waals surface area contributed by atoms with E-state index in [-0.39, 0.29) is 17.8 Å². The molecule has 4 rings (SSSR count). The van der Waals surface area contributed by atoms with Gasteiger partial charge >= 0.3 is 0 Å². The molecule has 0 spiro atoms. The van der Waals surface area contributed by atoms with Gasteiger partial charge in [-0.2, -0.15) is 0 Å². The second-order valence-corrected chi connectivity index (χ2v) is 7.16. The lowest BCUT2D eigenvalue weighted by molar-refractivity contribution is 0.220. The molecule has 0 bridgehead atoms. The van der Waals surface area contributed by atoms with Crippen molar-refractivity contribution in [3.63, 3.8) is 0 Å². The second kappa shape index (κ2) is 7.99. The number of hydrogen-bond donors (Lipinski definition) is 0. The lowest BCUT2D eigenvalue weighted by atomic mass is 10.00. The lowest BCUT2D eigenvalue weighted by Gasteiger charge is -2.28.